The quantitative estimate of drug-likeness (QED) is 0.371. The first-order valence-electron chi connectivity index (χ1n) is 10.5. The highest BCUT2D eigenvalue weighted by Crippen LogP contribution is 2.26. The van der Waals surface area contributed by atoms with Gasteiger partial charge in [-0.1, -0.05) is 0 Å². The van der Waals surface area contributed by atoms with Gasteiger partial charge < -0.3 is 14.2 Å². The van der Waals surface area contributed by atoms with E-state index in [0.29, 0.717) is 11.4 Å². The zero-order valence-electron chi connectivity index (χ0n) is 18.7. The average Bonchev–Trinajstić information content (AvgIpc) is 3.31. The van der Waals surface area contributed by atoms with Crippen molar-refractivity contribution < 1.29 is 19.0 Å². The molecule has 0 atom stereocenters. The Hall–Kier alpha value is -4.18. The van der Waals surface area contributed by atoms with E-state index in [4.69, 9.17) is 14.2 Å². The van der Waals surface area contributed by atoms with Crippen LogP contribution < -0.4 is 24.4 Å². The van der Waals surface area contributed by atoms with Gasteiger partial charge in [-0.25, -0.2) is 10.4 Å². The molecular weight excluding hydrogens is 454 g/mol. The van der Waals surface area contributed by atoms with E-state index >= 15 is 0 Å². The molecule has 34 heavy (non-hydrogen) atoms. The van der Waals surface area contributed by atoms with Gasteiger partial charge in [-0.2, -0.15) is 0 Å². The minimum absolute atomic E-state index is 0.234. The largest absolute Gasteiger partial charge is 0.497 e. The van der Waals surface area contributed by atoms with Gasteiger partial charge in [0.1, 0.15) is 11.5 Å². The summed E-state index contributed by atoms with van der Waals surface area (Å²) in [5.41, 5.74) is 5.32. The Kier molecular flexibility index (Phi) is 7.51. The number of ether oxygens (including phenoxy) is 3. The number of hydrogen-bond acceptors (Lipinski definition) is 8. The van der Waals surface area contributed by atoms with Crippen LogP contribution >= 0.6 is 11.3 Å². The number of nitrogens with zero attached hydrogens (tertiary/aromatic N) is 4. The van der Waals surface area contributed by atoms with Gasteiger partial charge in [0.2, 0.25) is 10.7 Å². The van der Waals surface area contributed by atoms with Crippen molar-refractivity contribution in [2.24, 2.45) is 5.10 Å². The number of hydrogen-bond donors (Lipinski definition) is 1. The molecular formula is C24H23N5O4S. The summed E-state index contributed by atoms with van der Waals surface area (Å²) in [6.45, 7) is 2.30. The van der Waals surface area contributed by atoms with Crippen LogP contribution in [0.15, 0.2) is 77.6 Å². The zero-order chi connectivity index (χ0) is 23.8. The van der Waals surface area contributed by atoms with Crippen molar-refractivity contribution in [3.8, 4) is 34.3 Å². The van der Waals surface area contributed by atoms with E-state index < -0.39 is 5.91 Å². The lowest BCUT2D eigenvalue weighted by molar-refractivity contribution is -0.123. The van der Waals surface area contributed by atoms with E-state index in [9.17, 15) is 4.79 Å². The summed E-state index contributed by atoms with van der Waals surface area (Å²) in [4.78, 5) is 20.8. The lowest BCUT2D eigenvalue weighted by atomic mass is 10.1. The lowest BCUT2D eigenvalue weighted by Crippen LogP contribution is -2.28. The van der Waals surface area contributed by atoms with E-state index in [0.717, 1.165) is 28.4 Å². The van der Waals surface area contributed by atoms with Crippen molar-refractivity contribution in [3.05, 3.63) is 77.3 Å². The van der Waals surface area contributed by atoms with Crippen molar-refractivity contribution in [2.45, 2.75) is 6.92 Å². The molecule has 4 rings (SSSR count). The molecule has 10 heteroatoms. The van der Waals surface area contributed by atoms with Gasteiger partial charge >= 0.3 is 0 Å². The summed E-state index contributed by atoms with van der Waals surface area (Å²) in [5.74, 6) is 1.40. The normalized spacial score (nSPS) is 11.2. The molecule has 0 radical (unpaired) electrons. The highest BCUT2D eigenvalue weighted by atomic mass is 32.1. The van der Waals surface area contributed by atoms with E-state index in [-0.39, 0.29) is 12.5 Å². The van der Waals surface area contributed by atoms with Crippen molar-refractivity contribution in [3.63, 3.8) is 0 Å². The number of rotatable bonds is 9. The topological polar surface area (TPSA) is 99.9 Å². The first-order valence-corrected chi connectivity index (χ1v) is 11.4. The molecule has 2 aromatic carbocycles. The highest BCUT2D eigenvalue weighted by molar-refractivity contribution is 7.07. The highest BCUT2D eigenvalue weighted by Gasteiger charge is 2.12. The molecule has 0 aliphatic heterocycles. The maximum atomic E-state index is 12.3. The van der Waals surface area contributed by atoms with Gasteiger partial charge in [0.15, 0.2) is 6.61 Å². The second kappa shape index (κ2) is 11.1. The Morgan fingerprint density at radius 2 is 1.82 bits per heavy atom. The standard InChI is InChI=1S/C24H23N5O4S/c1-3-32-20-10-6-18(7-11-20)29-21(17-4-8-19(31-2)9-5-17)16-34-24(29)28-27-22(30)15-33-23-14-25-12-13-26-23/h4-14,16H,3,15H2,1-2H3,(H,27,30)/b28-24-. The number of carbonyl (C=O) groups excluding carboxylic acids is 1. The minimum atomic E-state index is -0.414. The fourth-order valence-corrected chi connectivity index (χ4v) is 3.97. The Bertz CT molecular complexity index is 1290. The molecule has 2 aromatic heterocycles. The summed E-state index contributed by atoms with van der Waals surface area (Å²) in [7, 11) is 1.63. The van der Waals surface area contributed by atoms with Crippen molar-refractivity contribution >= 4 is 17.2 Å². The number of carbonyl (C=O) groups is 1. The van der Waals surface area contributed by atoms with Gasteiger partial charge in [-0.3, -0.25) is 14.3 Å². The second-order valence-corrected chi connectivity index (χ2v) is 7.71. The van der Waals surface area contributed by atoms with Gasteiger partial charge in [0.25, 0.3) is 5.91 Å². The summed E-state index contributed by atoms with van der Waals surface area (Å²) >= 11 is 1.40. The fraction of sp³-hybridized carbons (Fsp3) is 0.167. The monoisotopic (exact) mass is 477 g/mol. The molecule has 1 N–H and O–H groups in total. The average molecular weight is 478 g/mol. The van der Waals surface area contributed by atoms with Gasteiger partial charge in [0, 0.05) is 23.5 Å². The molecule has 0 unspecified atom stereocenters. The van der Waals surface area contributed by atoms with Crippen LogP contribution in [0.1, 0.15) is 6.92 Å². The fourth-order valence-electron chi connectivity index (χ4n) is 3.10. The lowest BCUT2D eigenvalue weighted by Gasteiger charge is -2.11. The molecule has 2 heterocycles. The number of aromatic nitrogens is 3. The molecule has 9 nitrogen and oxygen atoms in total. The van der Waals surface area contributed by atoms with Crippen LogP contribution in [0.2, 0.25) is 0 Å². The summed E-state index contributed by atoms with van der Waals surface area (Å²) in [6, 6.07) is 15.4. The smallest absolute Gasteiger partial charge is 0.278 e. The molecule has 0 fully saturated rings. The summed E-state index contributed by atoms with van der Waals surface area (Å²) in [5, 5.41) is 6.33. The molecule has 0 saturated carbocycles. The minimum Gasteiger partial charge on any atom is -0.497 e. The summed E-state index contributed by atoms with van der Waals surface area (Å²) < 4.78 is 18.1. The maximum Gasteiger partial charge on any atom is 0.278 e. The first kappa shape index (κ1) is 23.0. The number of methoxy groups -OCH3 is 1. The number of benzene rings is 2. The SMILES string of the molecule is CCOc1ccc(-n2c(-c3ccc(OC)cc3)cs/c2=N\NC(=O)COc2cnccn2)cc1. The molecule has 0 spiro atoms. The van der Waals surface area contributed by atoms with Crippen LogP contribution in [0, 0.1) is 0 Å². The van der Waals surface area contributed by atoms with E-state index in [1.807, 2.05) is 65.4 Å². The molecule has 174 valence electrons. The van der Waals surface area contributed by atoms with Crippen LogP contribution in [0.4, 0.5) is 0 Å². The maximum absolute atomic E-state index is 12.3. The van der Waals surface area contributed by atoms with Gasteiger partial charge in [0.05, 0.1) is 25.6 Å². The molecule has 0 aliphatic carbocycles. The molecule has 1 amide bonds. The van der Waals surface area contributed by atoms with Gasteiger partial charge in [-0.15, -0.1) is 16.4 Å². The molecule has 4 aromatic rings. The van der Waals surface area contributed by atoms with E-state index in [1.165, 1.54) is 29.9 Å². The van der Waals surface area contributed by atoms with Crippen LogP contribution in [0.5, 0.6) is 17.4 Å². The Morgan fingerprint density at radius 3 is 2.50 bits per heavy atom. The predicted molar refractivity (Wildman–Crippen MR) is 128 cm³/mol. The number of amides is 1. The third kappa shape index (κ3) is 5.59. The molecule has 0 bridgehead atoms. The van der Waals surface area contributed by atoms with Gasteiger partial charge in [-0.05, 0) is 61.0 Å². The van der Waals surface area contributed by atoms with E-state index in [1.54, 1.807) is 7.11 Å². The predicted octanol–water partition coefficient (Wildman–Crippen LogP) is 3.41. The third-order valence-corrected chi connectivity index (χ3v) is 5.49. The first-order chi connectivity index (χ1) is 16.7. The van der Waals surface area contributed by atoms with Crippen molar-refractivity contribution in [2.75, 3.05) is 20.3 Å². The Morgan fingerprint density at radius 1 is 1.06 bits per heavy atom. The van der Waals surface area contributed by atoms with E-state index in [2.05, 4.69) is 20.5 Å². The Labute approximate surface area is 200 Å². The number of nitrogens with one attached hydrogen (secondary N) is 1. The van der Waals surface area contributed by atoms with Crippen LogP contribution in [0.3, 0.4) is 0 Å². The Balaban J connectivity index is 1.63. The zero-order valence-corrected chi connectivity index (χ0v) is 19.5. The van der Waals surface area contributed by atoms with Crippen molar-refractivity contribution in [1.29, 1.82) is 0 Å². The molecule has 0 aliphatic rings. The third-order valence-electron chi connectivity index (χ3n) is 4.67. The molecule has 0 saturated heterocycles. The van der Waals surface area contributed by atoms with Crippen molar-refractivity contribution in [1.82, 2.24) is 20.0 Å². The number of thiazole rings is 1. The van der Waals surface area contributed by atoms with Crippen LogP contribution in [-0.4, -0.2) is 40.8 Å². The second-order valence-electron chi connectivity index (χ2n) is 6.87. The summed E-state index contributed by atoms with van der Waals surface area (Å²) in [6.07, 6.45) is 4.45. The van der Waals surface area contributed by atoms with Crippen LogP contribution in [-0.2, 0) is 4.79 Å². The van der Waals surface area contributed by atoms with Crippen LogP contribution in [0.25, 0.3) is 16.9 Å².